The Morgan fingerprint density at radius 2 is 2.44 bits per heavy atom. The van der Waals surface area contributed by atoms with E-state index in [1.54, 1.807) is 0 Å². The Morgan fingerprint density at radius 1 is 1.56 bits per heavy atom. The van der Waals surface area contributed by atoms with E-state index in [9.17, 15) is 0 Å². The molecule has 1 fully saturated rings. The molecule has 2 heterocycles. The lowest BCUT2D eigenvalue weighted by Gasteiger charge is -2.20. The van der Waals surface area contributed by atoms with Crippen molar-refractivity contribution in [3.8, 4) is 0 Å². The first-order valence-corrected chi connectivity index (χ1v) is 6.09. The normalized spacial score (nSPS) is 21.8. The summed E-state index contributed by atoms with van der Waals surface area (Å²) in [6, 6.07) is 0.488. The number of nitrogens with two attached hydrogens (primary N) is 1. The second-order valence-electron chi connectivity index (χ2n) is 4.36. The van der Waals surface area contributed by atoms with Crippen LogP contribution in [0.3, 0.4) is 0 Å². The molecule has 0 aliphatic carbocycles. The standard InChI is InChI=1S/C11H20N4O/c1-2-4-10-13-11(16-14-10)8-15-6-3-5-9(15)7-12/h9H,2-8,12H2,1H3. The minimum absolute atomic E-state index is 0.488. The van der Waals surface area contributed by atoms with Crippen molar-refractivity contribution in [1.82, 2.24) is 15.0 Å². The average Bonchev–Trinajstić information content (AvgIpc) is 2.89. The van der Waals surface area contributed by atoms with E-state index in [0.29, 0.717) is 6.04 Å². The van der Waals surface area contributed by atoms with E-state index < -0.39 is 0 Å². The first-order chi connectivity index (χ1) is 7.83. The van der Waals surface area contributed by atoms with Gasteiger partial charge in [-0.1, -0.05) is 12.1 Å². The molecule has 1 aliphatic heterocycles. The van der Waals surface area contributed by atoms with Crippen molar-refractivity contribution in [3.63, 3.8) is 0 Å². The summed E-state index contributed by atoms with van der Waals surface area (Å²) in [4.78, 5) is 6.71. The molecule has 2 rings (SSSR count). The van der Waals surface area contributed by atoms with Crippen LogP contribution in [-0.4, -0.2) is 34.2 Å². The first kappa shape index (κ1) is 11.5. The summed E-state index contributed by atoms with van der Waals surface area (Å²) in [7, 11) is 0. The fourth-order valence-corrected chi connectivity index (χ4v) is 2.22. The van der Waals surface area contributed by atoms with Gasteiger partial charge in [-0.05, 0) is 25.8 Å². The minimum atomic E-state index is 0.488. The Kier molecular flexibility index (Phi) is 3.90. The molecular weight excluding hydrogens is 204 g/mol. The van der Waals surface area contributed by atoms with Crippen LogP contribution in [-0.2, 0) is 13.0 Å². The van der Waals surface area contributed by atoms with Gasteiger partial charge < -0.3 is 10.3 Å². The maximum Gasteiger partial charge on any atom is 0.240 e. The zero-order chi connectivity index (χ0) is 11.4. The Morgan fingerprint density at radius 3 is 3.19 bits per heavy atom. The summed E-state index contributed by atoms with van der Waals surface area (Å²) in [5.41, 5.74) is 5.72. The molecule has 1 unspecified atom stereocenters. The van der Waals surface area contributed by atoms with Gasteiger partial charge in [-0.2, -0.15) is 4.98 Å². The van der Waals surface area contributed by atoms with Crippen molar-refractivity contribution in [2.45, 2.75) is 45.2 Å². The molecule has 0 aromatic carbocycles. The van der Waals surface area contributed by atoms with Crippen molar-refractivity contribution in [1.29, 1.82) is 0 Å². The van der Waals surface area contributed by atoms with Gasteiger partial charge in [0.05, 0.1) is 6.54 Å². The fraction of sp³-hybridized carbons (Fsp3) is 0.818. The van der Waals surface area contributed by atoms with Crippen LogP contribution in [0.5, 0.6) is 0 Å². The smallest absolute Gasteiger partial charge is 0.240 e. The number of nitrogens with zero attached hydrogens (tertiary/aromatic N) is 3. The topological polar surface area (TPSA) is 68.2 Å². The van der Waals surface area contributed by atoms with Gasteiger partial charge in [-0.25, -0.2) is 0 Å². The summed E-state index contributed by atoms with van der Waals surface area (Å²) in [6.45, 7) is 4.67. The van der Waals surface area contributed by atoms with E-state index in [2.05, 4.69) is 22.0 Å². The van der Waals surface area contributed by atoms with E-state index in [1.807, 2.05) is 0 Å². The van der Waals surface area contributed by atoms with Gasteiger partial charge in [0.25, 0.3) is 0 Å². The summed E-state index contributed by atoms with van der Waals surface area (Å²) in [6.07, 6.45) is 4.35. The fourth-order valence-electron chi connectivity index (χ4n) is 2.22. The predicted molar refractivity (Wildman–Crippen MR) is 60.8 cm³/mol. The molecule has 0 amide bonds. The van der Waals surface area contributed by atoms with Crippen LogP contribution in [0.15, 0.2) is 4.52 Å². The van der Waals surface area contributed by atoms with Crippen LogP contribution in [0.25, 0.3) is 0 Å². The molecule has 1 aromatic rings. The van der Waals surface area contributed by atoms with Crippen LogP contribution in [0.4, 0.5) is 0 Å². The second kappa shape index (κ2) is 5.41. The maximum atomic E-state index is 5.72. The Balaban J connectivity index is 1.92. The third kappa shape index (κ3) is 2.59. The van der Waals surface area contributed by atoms with Crippen LogP contribution < -0.4 is 5.73 Å². The Hall–Kier alpha value is -0.940. The van der Waals surface area contributed by atoms with E-state index in [-0.39, 0.29) is 0 Å². The van der Waals surface area contributed by atoms with Crippen molar-refractivity contribution in [2.75, 3.05) is 13.1 Å². The molecule has 0 bridgehead atoms. The molecule has 1 aliphatic rings. The lowest BCUT2D eigenvalue weighted by molar-refractivity contribution is 0.214. The molecule has 5 heteroatoms. The van der Waals surface area contributed by atoms with E-state index in [4.69, 9.17) is 10.3 Å². The number of aryl methyl sites for hydroxylation is 1. The summed E-state index contributed by atoms with van der Waals surface area (Å²) in [5, 5.41) is 3.95. The van der Waals surface area contributed by atoms with E-state index in [0.717, 1.165) is 44.2 Å². The van der Waals surface area contributed by atoms with Crippen molar-refractivity contribution >= 4 is 0 Å². The molecule has 16 heavy (non-hydrogen) atoms. The first-order valence-electron chi connectivity index (χ1n) is 6.09. The van der Waals surface area contributed by atoms with Crippen LogP contribution in [0, 0.1) is 0 Å². The third-order valence-electron chi connectivity index (χ3n) is 3.09. The molecule has 1 atom stereocenters. The Labute approximate surface area is 96.0 Å². The number of rotatable bonds is 5. The highest BCUT2D eigenvalue weighted by molar-refractivity contribution is 4.89. The highest BCUT2D eigenvalue weighted by Gasteiger charge is 2.24. The maximum absolute atomic E-state index is 5.72. The second-order valence-corrected chi connectivity index (χ2v) is 4.36. The number of likely N-dealkylation sites (tertiary alicyclic amines) is 1. The number of hydrogen-bond donors (Lipinski definition) is 1. The highest BCUT2D eigenvalue weighted by atomic mass is 16.5. The molecule has 90 valence electrons. The molecule has 5 nitrogen and oxygen atoms in total. The van der Waals surface area contributed by atoms with Crippen molar-refractivity contribution < 1.29 is 4.52 Å². The molecule has 1 aromatic heterocycles. The number of aromatic nitrogens is 2. The molecular formula is C11H20N4O. The van der Waals surface area contributed by atoms with Crippen LogP contribution >= 0.6 is 0 Å². The molecule has 2 N–H and O–H groups in total. The van der Waals surface area contributed by atoms with Crippen molar-refractivity contribution in [2.24, 2.45) is 5.73 Å². The van der Waals surface area contributed by atoms with Gasteiger partial charge in [-0.15, -0.1) is 0 Å². The zero-order valence-corrected chi connectivity index (χ0v) is 9.85. The van der Waals surface area contributed by atoms with Crippen LogP contribution in [0.1, 0.15) is 37.9 Å². The van der Waals surface area contributed by atoms with Gasteiger partial charge in [0, 0.05) is 19.0 Å². The summed E-state index contributed by atoms with van der Waals surface area (Å²) >= 11 is 0. The van der Waals surface area contributed by atoms with E-state index in [1.165, 1.54) is 12.8 Å². The lowest BCUT2D eigenvalue weighted by Crippen LogP contribution is -2.34. The summed E-state index contributed by atoms with van der Waals surface area (Å²) < 4.78 is 5.23. The minimum Gasteiger partial charge on any atom is -0.338 e. The van der Waals surface area contributed by atoms with Gasteiger partial charge >= 0.3 is 0 Å². The lowest BCUT2D eigenvalue weighted by atomic mass is 10.2. The van der Waals surface area contributed by atoms with Gasteiger partial charge in [-0.3, -0.25) is 4.90 Å². The van der Waals surface area contributed by atoms with Gasteiger partial charge in [0.2, 0.25) is 5.89 Å². The molecule has 0 radical (unpaired) electrons. The zero-order valence-electron chi connectivity index (χ0n) is 9.85. The largest absolute Gasteiger partial charge is 0.338 e. The van der Waals surface area contributed by atoms with E-state index >= 15 is 0 Å². The summed E-state index contributed by atoms with van der Waals surface area (Å²) in [5.74, 6) is 1.55. The number of hydrogen-bond acceptors (Lipinski definition) is 5. The molecule has 1 saturated heterocycles. The third-order valence-corrected chi connectivity index (χ3v) is 3.09. The highest BCUT2D eigenvalue weighted by Crippen LogP contribution is 2.18. The monoisotopic (exact) mass is 224 g/mol. The predicted octanol–water partition coefficient (Wildman–Crippen LogP) is 0.945. The SMILES string of the molecule is CCCc1noc(CN2CCCC2CN)n1. The quantitative estimate of drug-likeness (QED) is 0.806. The Bertz CT molecular complexity index is 326. The molecule has 0 spiro atoms. The average molecular weight is 224 g/mol. The van der Waals surface area contributed by atoms with Crippen molar-refractivity contribution in [3.05, 3.63) is 11.7 Å². The van der Waals surface area contributed by atoms with Crippen LogP contribution in [0.2, 0.25) is 0 Å². The van der Waals surface area contributed by atoms with Gasteiger partial charge in [0.1, 0.15) is 0 Å². The molecule has 0 saturated carbocycles. The van der Waals surface area contributed by atoms with Gasteiger partial charge in [0.15, 0.2) is 5.82 Å².